The van der Waals surface area contributed by atoms with Crippen molar-refractivity contribution in [2.75, 3.05) is 0 Å². The molecule has 0 radical (unpaired) electrons. The van der Waals surface area contributed by atoms with Gasteiger partial charge in [-0.25, -0.2) is 0 Å². The highest BCUT2D eigenvalue weighted by atomic mass is 16.5. The minimum Gasteiger partial charge on any atom is -0.489 e. The summed E-state index contributed by atoms with van der Waals surface area (Å²) in [6.45, 7) is 2.15. The maximum Gasteiger partial charge on any atom is 0.188 e. The van der Waals surface area contributed by atoms with Crippen molar-refractivity contribution < 1.29 is 9.47 Å². The zero-order valence-corrected chi connectivity index (χ0v) is 19.1. The van der Waals surface area contributed by atoms with Crippen molar-refractivity contribution in [3.63, 3.8) is 0 Å². The molecule has 0 spiro atoms. The molecule has 0 aliphatic carbocycles. The zero-order chi connectivity index (χ0) is 23.6. The Morgan fingerprint density at radius 3 is 1.29 bits per heavy atom. The predicted molar refractivity (Wildman–Crippen MR) is 136 cm³/mol. The molecule has 0 aliphatic heterocycles. The van der Waals surface area contributed by atoms with Crippen LogP contribution in [-0.2, 0) is 26.3 Å². The Hall–Kier alpha value is -4.25. The van der Waals surface area contributed by atoms with E-state index >= 15 is 0 Å². The molecule has 0 amide bonds. The summed E-state index contributed by atoms with van der Waals surface area (Å²) in [4.78, 5) is 1.83. The smallest absolute Gasteiger partial charge is 0.188 e. The fraction of sp³-hybridized carbons (Fsp3) is 0.138. The summed E-state index contributed by atoms with van der Waals surface area (Å²) in [5.41, 5.74) is 10.3. The topological polar surface area (TPSA) is 71.6 Å². The fourth-order valence-electron chi connectivity index (χ4n) is 3.53. The van der Waals surface area contributed by atoms with Crippen LogP contribution in [0.1, 0.15) is 22.3 Å². The first-order chi connectivity index (χ1) is 16.7. The Morgan fingerprint density at radius 1 is 0.559 bits per heavy atom. The van der Waals surface area contributed by atoms with E-state index in [0.717, 1.165) is 33.8 Å². The molecule has 0 fully saturated rings. The molecule has 4 aromatic rings. The summed E-state index contributed by atoms with van der Waals surface area (Å²) in [6, 6.07) is 36.0. The second-order valence-electron chi connectivity index (χ2n) is 8.08. The number of guanidine groups is 1. The average molecular weight is 452 g/mol. The second-order valence-corrected chi connectivity index (χ2v) is 8.08. The lowest BCUT2D eigenvalue weighted by Crippen LogP contribution is -2.35. The lowest BCUT2D eigenvalue weighted by atomic mass is 10.1. The van der Waals surface area contributed by atoms with Crippen LogP contribution >= 0.6 is 0 Å². The minimum absolute atomic E-state index is 0.0359. The summed E-state index contributed by atoms with van der Waals surface area (Å²) in [5, 5.41) is 8.01. The van der Waals surface area contributed by atoms with Gasteiger partial charge in [0.25, 0.3) is 0 Å². The van der Waals surface area contributed by atoms with Crippen LogP contribution in [-0.4, -0.2) is 10.9 Å². The van der Waals surface area contributed by atoms with Crippen LogP contribution in [0.4, 0.5) is 0 Å². The van der Waals surface area contributed by atoms with E-state index in [9.17, 15) is 0 Å². The highest BCUT2D eigenvalue weighted by Gasteiger charge is 2.10. The largest absolute Gasteiger partial charge is 0.489 e. The minimum atomic E-state index is 0.0359. The quantitative estimate of drug-likeness (QED) is 0.238. The van der Waals surface area contributed by atoms with Gasteiger partial charge in [0.05, 0.1) is 0 Å². The van der Waals surface area contributed by atoms with Gasteiger partial charge in [0.1, 0.15) is 24.7 Å². The average Bonchev–Trinajstić information content (AvgIpc) is 2.88. The van der Waals surface area contributed by atoms with Gasteiger partial charge in [-0.15, -0.1) is 0 Å². The van der Waals surface area contributed by atoms with Gasteiger partial charge in [0, 0.05) is 13.1 Å². The molecule has 4 rings (SSSR count). The molecule has 5 nitrogen and oxygen atoms in total. The molecular formula is C29H29N3O2. The highest BCUT2D eigenvalue weighted by Crippen LogP contribution is 2.18. The number of hydrogen-bond acceptors (Lipinski definition) is 3. The first kappa shape index (κ1) is 22.9. The zero-order valence-electron chi connectivity index (χ0n) is 19.1. The molecule has 3 N–H and O–H groups in total. The summed E-state index contributed by atoms with van der Waals surface area (Å²) >= 11 is 0. The van der Waals surface area contributed by atoms with Gasteiger partial charge >= 0.3 is 0 Å². The third-order valence-electron chi connectivity index (χ3n) is 5.43. The Bertz CT molecular complexity index is 1070. The van der Waals surface area contributed by atoms with E-state index in [1.807, 2.05) is 114 Å². The van der Waals surface area contributed by atoms with Gasteiger partial charge in [-0.2, -0.15) is 0 Å². The number of hydrogen-bond donors (Lipinski definition) is 2. The second kappa shape index (κ2) is 11.6. The third kappa shape index (κ3) is 6.87. The fourth-order valence-corrected chi connectivity index (χ4v) is 3.53. The van der Waals surface area contributed by atoms with Crippen LogP contribution in [0.15, 0.2) is 109 Å². The monoisotopic (exact) mass is 451 g/mol. The molecule has 34 heavy (non-hydrogen) atoms. The van der Waals surface area contributed by atoms with E-state index < -0.39 is 0 Å². The number of nitrogens with one attached hydrogen (secondary N) is 1. The van der Waals surface area contributed by atoms with Gasteiger partial charge in [-0.1, -0.05) is 84.9 Å². The number of nitrogens with two attached hydrogens (primary N) is 1. The van der Waals surface area contributed by atoms with Gasteiger partial charge in [-0.3, -0.25) is 5.41 Å². The number of ether oxygens (including phenoxy) is 2. The van der Waals surface area contributed by atoms with Crippen LogP contribution in [0.3, 0.4) is 0 Å². The number of rotatable bonds is 10. The molecule has 0 aromatic heterocycles. The summed E-state index contributed by atoms with van der Waals surface area (Å²) < 4.78 is 11.7. The molecule has 0 saturated carbocycles. The summed E-state index contributed by atoms with van der Waals surface area (Å²) in [7, 11) is 0. The van der Waals surface area contributed by atoms with E-state index in [-0.39, 0.29) is 5.96 Å². The van der Waals surface area contributed by atoms with Gasteiger partial charge in [-0.05, 0) is 46.5 Å². The van der Waals surface area contributed by atoms with Crippen molar-refractivity contribution in [2.45, 2.75) is 26.3 Å². The SMILES string of the molecule is N=C(N)N(Cc1ccc(OCc2ccccc2)cc1)Cc1ccc(OCc2ccccc2)cc1. The van der Waals surface area contributed by atoms with Crippen molar-refractivity contribution in [3.8, 4) is 11.5 Å². The molecule has 0 bridgehead atoms. The third-order valence-corrected chi connectivity index (χ3v) is 5.43. The van der Waals surface area contributed by atoms with Gasteiger partial charge < -0.3 is 20.1 Å². The van der Waals surface area contributed by atoms with E-state index in [2.05, 4.69) is 0 Å². The molecule has 0 heterocycles. The Balaban J connectivity index is 1.30. The van der Waals surface area contributed by atoms with E-state index in [1.54, 1.807) is 0 Å². The Kier molecular flexibility index (Phi) is 7.80. The molecule has 0 aliphatic rings. The van der Waals surface area contributed by atoms with Crippen LogP contribution in [0, 0.1) is 5.41 Å². The highest BCUT2D eigenvalue weighted by molar-refractivity contribution is 5.74. The van der Waals surface area contributed by atoms with E-state index in [1.165, 1.54) is 0 Å². The molecule has 0 unspecified atom stereocenters. The molecule has 4 aromatic carbocycles. The van der Waals surface area contributed by atoms with Crippen LogP contribution in [0.5, 0.6) is 11.5 Å². The lowest BCUT2D eigenvalue weighted by molar-refractivity contribution is 0.306. The van der Waals surface area contributed by atoms with E-state index in [0.29, 0.717) is 26.3 Å². The maximum absolute atomic E-state index is 8.01. The maximum atomic E-state index is 8.01. The van der Waals surface area contributed by atoms with Crippen LogP contribution in [0.25, 0.3) is 0 Å². The molecule has 0 saturated heterocycles. The molecule has 5 heteroatoms. The molecular weight excluding hydrogens is 422 g/mol. The first-order valence-electron chi connectivity index (χ1n) is 11.3. The number of nitrogens with zero attached hydrogens (tertiary/aromatic N) is 1. The van der Waals surface area contributed by atoms with Crippen molar-refractivity contribution >= 4 is 5.96 Å². The normalized spacial score (nSPS) is 10.5. The first-order valence-corrected chi connectivity index (χ1v) is 11.3. The Morgan fingerprint density at radius 2 is 0.941 bits per heavy atom. The van der Waals surface area contributed by atoms with Gasteiger partial charge in [0.2, 0.25) is 0 Å². The predicted octanol–water partition coefficient (Wildman–Crippen LogP) is 5.74. The summed E-state index contributed by atoms with van der Waals surface area (Å²) in [6.07, 6.45) is 0. The molecule has 172 valence electrons. The van der Waals surface area contributed by atoms with Crippen molar-refractivity contribution in [1.82, 2.24) is 4.90 Å². The van der Waals surface area contributed by atoms with Crippen molar-refractivity contribution in [1.29, 1.82) is 5.41 Å². The molecule has 0 atom stereocenters. The standard InChI is InChI=1S/C29H29N3O2/c30-29(31)32(19-23-11-15-27(16-12-23)33-21-25-7-3-1-4-8-25)20-24-13-17-28(18-14-24)34-22-26-9-5-2-6-10-26/h1-18H,19-22H2,(H3,30,31). The number of benzene rings is 4. The lowest BCUT2D eigenvalue weighted by Gasteiger charge is -2.23. The van der Waals surface area contributed by atoms with Crippen molar-refractivity contribution in [3.05, 3.63) is 131 Å². The van der Waals surface area contributed by atoms with E-state index in [4.69, 9.17) is 20.6 Å². The summed E-state index contributed by atoms with van der Waals surface area (Å²) in [5.74, 6) is 1.66. The van der Waals surface area contributed by atoms with Crippen LogP contribution < -0.4 is 15.2 Å². The Labute approximate surface area is 200 Å². The van der Waals surface area contributed by atoms with Gasteiger partial charge in [0.15, 0.2) is 5.96 Å². The van der Waals surface area contributed by atoms with Crippen molar-refractivity contribution in [2.24, 2.45) is 5.73 Å². The van der Waals surface area contributed by atoms with Crippen LogP contribution in [0.2, 0.25) is 0 Å².